The Hall–Kier alpha value is -1.68. The molecule has 2 heterocycles. The topological polar surface area (TPSA) is 51.0 Å². The Morgan fingerprint density at radius 3 is 2.88 bits per heavy atom. The SMILES string of the molecule is c1ccc(C2CCCNC2c2nnco2)cc1. The molecule has 3 rings (SSSR count). The van der Waals surface area contributed by atoms with Crippen molar-refractivity contribution < 1.29 is 4.42 Å². The average molecular weight is 229 g/mol. The Labute approximate surface area is 100 Å². The lowest BCUT2D eigenvalue weighted by atomic mass is 9.85. The van der Waals surface area contributed by atoms with Crippen molar-refractivity contribution in [3.05, 3.63) is 48.2 Å². The van der Waals surface area contributed by atoms with Crippen LogP contribution in [-0.2, 0) is 0 Å². The number of aromatic nitrogens is 2. The highest BCUT2D eigenvalue weighted by Gasteiger charge is 2.30. The predicted molar refractivity (Wildman–Crippen MR) is 63.5 cm³/mol. The van der Waals surface area contributed by atoms with Gasteiger partial charge < -0.3 is 9.73 Å². The van der Waals surface area contributed by atoms with Crippen molar-refractivity contribution in [1.82, 2.24) is 15.5 Å². The normalized spacial score (nSPS) is 24.7. The molecule has 2 aromatic rings. The lowest BCUT2D eigenvalue weighted by Crippen LogP contribution is -2.33. The molecule has 4 heteroatoms. The van der Waals surface area contributed by atoms with Gasteiger partial charge in [-0.3, -0.25) is 0 Å². The number of hydrogen-bond donors (Lipinski definition) is 1. The van der Waals surface area contributed by atoms with Gasteiger partial charge in [-0.1, -0.05) is 30.3 Å². The highest BCUT2D eigenvalue weighted by Crippen LogP contribution is 2.36. The minimum Gasteiger partial charge on any atom is -0.426 e. The number of nitrogens with zero attached hydrogens (tertiary/aromatic N) is 2. The summed E-state index contributed by atoms with van der Waals surface area (Å²) in [6, 6.07) is 10.7. The van der Waals surface area contributed by atoms with Gasteiger partial charge >= 0.3 is 0 Å². The van der Waals surface area contributed by atoms with Gasteiger partial charge in [0.05, 0.1) is 6.04 Å². The van der Waals surface area contributed by atoms with Gasteiger partial charge in [-0.05, 0) is 24.9 Å². The van der Waals surface area contributed by atoms with Crippen molar-refractivity contribution in [2.45, 2.75) is 24.8 Å². The molecule has 0 spiro atoms. The second kappa shape index (κ2) is 4.67. The minimum atomic E-state index is 0.147. The summed E-state index contributed by atoms with van der Waals surface area (Å²) in [7, 11) is 0. The first-order valence-electron chi connectivity index (χ1n) is 5.99. The minimum absolute atomic E-state index is 0.147. The first-order valence-corrected chi connectivity index (χ1v) is 5.99. The molecule has 1 saturated heterocycles. The summed E-state index contributed by atoms with van der Waals surface area (Å²) in [4.78, 5) is 0. The summed E-state index contributed by atoms with van der Waals surface area (Å²) in [5, 5.41) is 11.3. The standard InChI is InChI=1S/C13H15N3O/c1-2-5-10(6-3-1)11-7-4-8-14-12(11)13-16-15-9-17-13/h1-3,5-6,9,11-12,14H,4,7-8H2. The van der Waals surface area contributed by atoms with Gasteiger partial charge in [-0.25, -0.2) is 0 Å². The molecule has 17 heavy (non-hydrogen) atoms. The molecule has 2 atom stereocenters. The molecule has 0 amide bonds. The van der Waals surface area contributed by atoms with Gasteiger partial charge in [0.1, 0.15) is 0 Å². The van der Waals surface area contributed by atoms with E-state index in [9.17, 15) is 0 Å². The molecule has 0 radical (unpaired) electrons. The van der Waals surface area contributed by atoms with E-state index in [0.717, 1.165) is 13.0 Å². The molecule has 1 aliphatic heterocycles. The fourth-order valence-corrected chi connectivity index (χ4v) is 2.52. The van der Waals surface area contributed by atoms with Crippen LogP contribution >= 0.6 is 0 Å². The van der Waals surface area contributed by atoms with E-state index in [4.69, 9.17) is 4.42 Å². The summed E-state index contributed by atoms with van der Waals surface area (Å²) >= 11 is 0. The van der Waals surface area contributed by atoms with Gasteiger partial charge in [-0.2, -0.15) is 0 Å². The Balaban J connectivity index is 1.91. The lowest BCUT2D eigenvalue weighted by molar-refractivity contribution is 0.301. The third-order valence-electron chi connectivity index (χ3n) is 3.33. The molecule has 1 N–H and O–H groups in total. The Bertz CT molecular complexity index is 455. The first kappa shape index (κ1) is 10.5. The summed E-state index contributed by atoms with van der Waals surface area (Å²) in [5.41, 5.74) is 1.34. The molecule has 1 aromatic carbocycles. The van der Waals surface area contributed by atoms with E-state index in [1.54, 1.807) is 0 Å². The van der Waals surface area contributed by atoms with Crippen molar-refractivity contribution in [3.8, 4) is 0 Å². The van der Waals surface area contributed by atoms with Crippen molar-refractivity contribution >= 4 is 0 Å². The van der Waals surface area contributed by atoms with Crippen LogP contribution < -0.4 is 5.32 Å². The number of benzene rings is 1. The van der Waals surface area contributed by atoms with E-state index >= 15 is 0 Å². The fourth-order valence-electron chi connectivity index (χ4n) is 2.52. The molecule has 0 saturated carbocycles. The van der Waals surface area contributed by atoms with Crippen LogP contribution in [-0.4, -0.2) is 16.7 Å². The molecular formula is C13H15N3O. The summed E-state index contributed by atoms with van der Waals surface area (Å²) in [5.74, 6) is 1.11. The zero-order chi connectivity index (χ0) is 11.5. The maximum Gasteiger partial charge on any atom is 0.233 e. The molecule has 0 aliphatic carbocycles. The van der Waals surface area contributed by atoms with Crippen LogP contribution in [0.1, 0.15) is 36.3 Å². The second-order valence-electron chi connectivity index (χ2n) is 4.37. The van der Waals surface area contributed by atoms with Crippen molar-refractivity contribution in [1.29, 1.82) is 0 Å². The van der Waals surface area contributed by atoms with Crippen molar-refractivity contribution in [2.24, 2.45) is 0 Å². The molecular weight excluding hydrogens is 214 g/mol. The summed E-state index contributed by atoms with van der Waals surface area (Å²) in [6.45, 7) is 1.01. The van der Waals surface area contributed by atoms with Gasteiger partial charge in [0.15, 0.2) is 0 Å². The quantitative estimate of drug-likeness (QED) is 0.858. The van der Waals surface area contributed by atoms with E-state index in [1.165, 1.54) is 18.4 Å². The second-order valence-corrected chi connectivity index (χ2v) is 4.37. The van der Waals surface area contributed by atoms with E-state index in [1.807, 2.05) is 6.07 Å². The third-order valence-corrected chi connectivity index (χ3v) is 3.33. The molecule has 4 nitrogen and oxygen atoms in total. The number of rotatable bonds is 2. The van der Waals surface area contributed by atoms with E-state index in [0.29, 0.717) is 11.8 Å². The monoisotopic (exact) mass is 229 g/mol. The van der Waals surface area contributed by atoms with Gasteiger partial charge in [0, 0.05) is 5.92 Å². The van der Waals surface area contributed by atoms with Gasteiger partial charge in [0.25, 0.3) is 0 Å². The van der Waals surface area contributed by atoms with Gasteiger partial charge in [0.2, 0.25) is 12.3 Å². The lowest BCUT2D eigenvalue weighted by Gasteiger charge is -2.30. The molecule has 2 unspecified atom stereocenters. The summed E-state index contributed by atoms with van der Waals surface area (Å²) < 4.78 is 5.34. The maximum atomic E-state index is 5.34. The Kier molecular flexibility index (Phi) is 2.88. The van der Waals surface area contributed by atoms with E-state index < -0.39 is 0 Å². The first-order chi connectivity index (χ1) is 8.45. The largest absolute Gasteiger partial charge is 0.426 e. The molecule has 1 fully saturated rings. The molecule has 0 bridgehead atoms. The average Bonchev–Trinajstić information content (AvgIpc) is 2.94. The van der Waals surface area contributed by atoms with Crippen LogP contribution in [0.5, 0.6) is 0 Å². The smallest absolute Gasteiger partial charge is 0.233 e. The van der Waals surface area contributed by atoms with Crippen LogP contribution in [0, 0.1) is 0 Å². The van der Waals surface area contributed by atoms with Crippen molar-refractivity contribution in [2.75, 3.05) is 6.54 Å². The zero-order valence-corrected chi connectivity index (χ0v) is 9.54. The van der Waals surface area contributed by atoms with Crippen LogP contribution in [0.25, 0.3) is 0 Å². The Morgan fingerprint density at radius 2 is 2.12 bits per heavy atom. The van der Waals surface area contributed by atoms with Crippen molar-refractivity contribution in [3.63, 3.8) is 0 Å². The van der Waals surface area contributed by atoms with Crippen LogP contribution in [0.15, 0.2) is 41.1 Å². The zero-order valence-electron chi connectivity index (χ0n) is 9.54. The fraction of sp³-hybridized carbons (Fsp3) is 0.385. The van der Waals surface area contributed by atoms with Gasteiger partial charge in [-0.15, -0.1) is 10.2 Å². The third kappa shape index (κ3) is 2.08. The highest BCUT2D eigenvalue weighted by atomic mass is 16.4. The number of hydrogen-bond acceptors (Lipinski definition) is 4. The maximum absolute atomic E-state index is 5.34. The number of nitrogens with one attached hydrogen (secondary N) is 1. The van der Waals surface area contributed by atoms with E-state index in [-0.39, 0.29) is 6.04 Å². The summed E-state index contributed by atoms with van der Waals surface area (Å²) in [6.07, 6.45) is 3.74. The van der Waals surface area contributed by atoms with Crippen LogP contribution in [0.3, 0.4) is 0 Å². The highest BCUT2D eigenvalue weighted by molar-refractivity contribution is 5.23. The predicted octanol–water partition coefficient (Wildman–Crippen LogP) is 2.28. The van der Waals surface area contributed by atoms with E-state index in [2.05, 4.69) is 39.8 Å². The molecule has 1 aliphatic rings. The Morgan fingerprint density at radius 1 is 1.24 bits per heavy atom. The molecule has 1 aromatic heterocycles. The number of piperidine rings is 1. The van der Waals surface area contributed by atoms with Crippen LogP contribution in [0.2, 0.25) is 0 Å². The molecule has 88 valence electrons. The van der Waals surface area contributed by atoms with Crippen LogP contribution in [0.4, 0.5) is 0 Å².